The third-order valence-corrected chi connectivity index (χ3v) is 4.11. The predicted molar refractivity (Wildman–Crippen MR) is 89.1 cm³/mol. The van der Waals surface area contributed by atoms with Crippen LogP contribution in [0.25, 0.3) is 11.0 Å². The number of hydrogen-bond acceptors (Lipinski definition) is 2. The number of aromatic nitrogens is 2. The number of fused-ring (bicyclic) bond motifs is 1. The van der Waals surface area contributed by atoms with Crippen LogP contribution in [-0.2, 0) is 6.54 Å². The van der Waals surface area contributed by atoms with E-state index in [4.69, 9.17) is 11.6 Å². The van der Waals surface area contributed by atoms with Crippen LogP contribution in [0.4, 0.5) is 5.69 Å². The largest absolute Gasteiger partial charge is 0.382 e. The van der Waals surface area contributed by atoms with Crippen molar-refractivity contribution in [3.8, 4) is 0 Å². The molecular weight excluding hydrogens is 282 g/mol. The molecular formula is C17H18ClN3. The first-order valence-electron chi connectivity index (χ1n) is 7.05. The van der Waals surface area contributed by atoms with E-state index < -0.39 is 0 Å². The molecule has 21 heavy (non-hydrogen) atoms. The van der Waals surface area contributed by atoms with Crippen molar-refractivity contribution in [3.63, 3.8) is 0 Å². The Morgan fingerprint density at radius 2 is 1.90 bits per heavy atom. The molecule has 2 aromatic carbocycles. The monoisotopic (exact) mass is 299 g/mol. The first-order valence-corrected chi connectivity index (χ1v) is 7.43. The molecule has 1 heterocycles. The fourth-order valence-electron chi connectivity index (χ4n) is 2.41. The van der Waals surface area contributed by atoms with Crippen LogP contribution in [0.3, 0.4) is 0 Å². The lowest BCUT2D eigenvalue weighted by molar-refractivity contribution is 0.749. The number of nitrogens with zero attached hydrogens (tertiary/aromatic N) is 2. The average Bonchev–Trinajstić information content (AvgIpc) is 2.84. The van der Waals surface area contributed by atoms with E-state index in [0.717, 1.165) is 29.3 Å². The Balaban J connectivity index is 1.74. The number of halogens is 1. The number of nitrogens with one attached hydrogen (secondary N) is 1. The van der Waals surface area contributed by atoms with Crippen LogP contribution in [0.2, 0.25) is 5.02 Å². The maximum absolute atomic E-state index is 6.14. The molecule has 1 N–H and O–H groups in total. The number of hydrogen-bond donors (Lipinski definition) is 1. The van der Waals surface area contributed by atoms with Crippen LogP contribution in [0.1, 0.15) is 11.1 Å². The van der Waals surface area contributed by atoms with Crippen molar-refractivity contribution < 1.29 is 0 Å². The fourth-order valence-corrected chi connectivity index (χ4v) is 2.61. The van der Waals surface area contributed by atoms with E-state index in [1.54, 1.807) is 0 Å². The zero-order valence-corrected chi connectivity index (χ0v) is 13.0. The van der Waals surface area contributed by atoms with Crippen LogP contribution in [0, 0.1) is 13.8 Å². The first kappa shape index (κ1) is 14.0. The molecule has 0 unspecified atom stereocenters. The lowest BCUT2D eigenvalue weighted by Gasteiger charge is -2.10. The van der Waals surface area contributed by atoms with Gasteiger partial charge in [0, 0.05) is 13.1 Å². The van der Waals surface area contributed by atoms with E-state index in [1.165, 1.54) is 16.6 Å². The van der Waals surface area contributed by atoms with E-state index in [1.807, 2.05) is 30.6 Å². The molecule has 0 saturated carbocycles. The molecule has 108 valence electrons. The van der Waals surface area contributed by atoms with Crippen molar-refractivity contribution in [2.24, 2.45) is 0 Å². The summed E-state index contributed by atoms with van der Waals surface area (Å²) in [5.41, 5.74) is 5.77. The maximum atomic E-state index is 6.14. The number of anilines is 1. The summed E-state index contributed by atoms with van der Waals surface area (Å²) in [5.74, 6) is 0. The van der Waals surface area contributed by atoms with Crippen LogP contribution < -0.4 is 5.32 Å². The highest BCUT2D eigenvalue weighted by atomic mass is 35.5. The topological polar surface area (TPSA) is 29.9 Å². The second-order valence-corrected chi connectivity index (χ2v) is 5.68. The molecule has 0 atom stereocenters. The van der Waals surface area contributed by atoms with E-state index >= 15 is 0 Å². The number of aryl methyl sites for hydroxylation is 2. The second kappa shape index (κ2) is 5.78. The van der Waals surface area contributed by atoms with Crippen LogP contribution in [0.15, 0.2) is 42.7 Å². The summed E-state index contributed by atoms with van der Waals surface area (Å²) in [6.45, 7) is 5.91. The Morgan fingerprint density at radius 3 is 2.71 bits per heavy atom. The SMILES string of the molecule is Cc1cc2ncn(CCNc3ccccc3Cl)c2cc1C. The molecule has 3 rings (SSSR count). The minimum absolute atomic E-state index is 0.749. The molecule has 0 aliphatic carbocycles. The summed E-state index contributed by atoms with van der Waals surface area (Å²) in [5, 5.41) is 4.11. The summed E-state index contributed by atoms with van der Waals surface area (Å²) in [6.07, 6.45) is 1.90. The molecule has 1 aromatic heterocycles. The third-order valence-electron chi connectivity index (χ3n) is 3.78. The van der Waals surface area contributed by atoms with E-state index in [9.17, 15) is 0 Å². The highest BCUT2D eigenvalue weighted by Gasteiger charge is 2.05. The first-order chi connectivity index (χ1) is 10.1. The minimum Gasteiger partial charge on any atom is -0.382 e. The predicted octanol–water partition coefficient (Wildman–Crippen LogP) is 4.42. The van der Waals surface area contributed by atoms with Gasteiger partial charge in [-0.25, -0.2) is 4.98 Å². The Bertz CT molecular complexity index is 777. The number of benzene rings is 2. The van der Waals surface area contributed by atoms with Crippen molar-refractivity contribution >= 4 is 28.3 Å². The minimum atomic E-state index is 0.749. The van der Waals surface area contributed by atoms with Gasteiger partial charge in [-0.1, -0.05) is 23.7 Å². The normalized spacial score (nSPS) is 11.0. The molecule has 0 radical (unpaired) electrons. The lowest BCUT2D eigenvalue weighted by Crippen LogP contribution is -2.10. The van der Waals surface area contributed by atoms with Gasteiger partial charge in [-0.2, -0.15) is 0 Å². The van der Waals surface area contributed by atoms with Crippen molar-refractivity contribution in [1.29, 1.82) is 0 Å². The van der Waals surface area contributed by atoms with Crippen molar-refractivity contribution in [1.82, 2.24) is 9.55 Å². The smallest absolute Gasteiger partial charge is 0.0958 e. The van der Waals surface area contributed by atoms with Crippen molar-refractivity contribution in [2.45, 2.75) is 20.4 Å². The van der Waals surface area contributed by atoms with Gasteiger partial charge in [-0.3, -0.25) is 0 Å². The molecule has 0 fully saturated rings. The standard InChI is InChI=1S/C17H18ClN3/c1-12-9-16-17(10-13(12)2)21(11-20-16)8-7-19-15-6-4-3-5-14(15)18/h3-6,9-11,19H,7-8H2,1-2H3. The molecule has 0 amide bonds. The Hall–Kier alpha value is -2.00. The Labute approximate surface area is 129 Å². The molecule has 0 saturated heterocycles. The van der Waals surface area contributed by atoms with Gasteiger partial charge >= 0.3 is 0 Å². The average molecular weight is 300 g/mol. The van der Waals surface area contributed by atoms with Gasteiger partial charge in [-0.05, 0) is 49.2 Å². The fraction of sp³-hybridized carbons (Fsp3) is 0.235. The van der Waals surface area contributed by atoms with Gasteiger partial charge in [0.1, 0.15) is 0 Å². The molecule has 0 bridgehead atoms. The van der Waals surface area contributed by atoms with Crippen molar-refractivity contribution in [2.75, 3.05) is 11.9 Å². The van der Waals surface area contributed by atoms with Gasteiger partial charge in [0.25, 0.3) is 0 Å². The van der Waals surface area contributed by atoms with Gasteiger partial charge in [0.05, 0.1) is 28.1 Å². The lowest BCUT2D eigenvalue weighted by atomic mass is 10.1. The van der Waals surface area contributed by atoms with Gasteiger partial charge in [0.15, 0.2) is 0 Å². The summed E-state index contributed by atoms with van der Waals surface area (Å²) >= 11 is 6.14. The van der Waals surface area contributed by atoms with Gasteiger partial charge < -0.3 is 9.88 Å². The highest BCUT2D eigenvalue weighted by molar-refractivity contribution is 6.33. The molecule has 0 aliphatic heterocycles. The zero-order chi connectivity index (χ0) is 14.8. The Morgan fingerprint density at radius 1 is 1.14 bits per heavy atom. The van der Waals surface area contributed by atoms with Crippen LogP contribution >= 0.6 is 11.6 Å². The number of imidazole rings is 1. The quantitative estimate of drug-likeness (QED) is 0.773. The van der Waals surface area contributed by atoms with Crippen LogP contribution in [-0.4, -0.2) is 16.1 Å². The van der Waals surface area contributed by atoms with Gasteiger partial charge in [0.2, 0.25) is 0 Å². The molecule has 3 aromatic rings. The zero-order valence-electron chi connectivity index (χ0n) is 12.2. The second-order valence-electron chi connectivity index (χ2n) is 5.27. The summed E-state index contributed by atoms with van der Waals surface area (Å²) in [7, 11) is 0. The number of para-hydroxylation sites is 1. The Kier molecular flexibility index (Phi) is 3.84. The third kappa shape index (κ3) is 2.88. The summed E-state index contributed by atoms with van der Waals surface area (Å²) < 4.78 is 2.17. The van der Waals surface area contributed by atoms with E-state index in [-0.39, 0.29) is 0 Å². The summed E-state index contributed by atoms with van der Waals surface area (Å²) in [6, 6.07) is 12.1. The maximum Gasteiger partial charge on any atom is 0.0958 e. The molecule has 4 heteroatoms. The van der Waals surface area contributed by atoms with Crippen LogP contribution in [0.5, 0.6) is 0 Å². The molecule has 0 spiro atoms. The summed E-state index contributed by atoms with van der Waals surface area (Å²) in [4.78, 5) is 4.47. The molecule has 3 nitrogen and oxygen atoms in total. The van der Waals surface area contributed by atoms with Crippen molar-refractivity contribution in [3.05, 3.63) is 58.9 Å². The molecule has 0 aliphatic rings. The van der Waals surface area contributed by atoms with Gasteiger partial charge in [-0.15, -0.1) is 0 Å². The number of rotatable bonds is 4. The van der Waals surface area contributed by atoms with E-state index in [2.05, 4.69) is 40.8 Å². The highest BCUT2D eigenvalue weighted by Crippen LogP contribution is 2.21. The van der Waals surface area contributed by atoms with E-state index in [0.29, 0.717) is 0 Å².